The Morgan fingerprint density at radius 3 is 2.61 bits per heavy atom. The number of nitrogens with zero attached hydrogens (tertiary/aromatic N) is 1. The van der Waals surface area contributed by atoms with Crippen LogP contribution in [0.25, 0.3) is 0 Å². The van der Waals surface area contributed by atoms with Crippen molar-refractivity contribution >= 4 is 44.7 Å². The lowest BCUT2D eigenvalue weighted by molar-refractivity contribution is -0.116. The molecule has 2 N–H and O–H groups in total. The predicted octanol–water partition coefficient (Wildman–Crippen LogP) is 3.29. The summed E-state index contributed by atoms with van der Waals surface area (Å²) in [5.74, 6) is 0.661. The number of rotatable bonds is 6. The quantitative estimate of drug-likeness (QED) is 0.738. The Labute approximate surface area is 167 Å². The molecule has 8 nitrogen and oxygen atoms in total. The number of hydrogen-bond acceptors (Lipinski definition) is 6. The van der Waals surface area contributed by atoms with Crippen LogP contribution in [0.3, 0.4) is 0 Å². The maximum atomic E-state index is 12.3. The van der Waals surface area contributed by atoms with Gasteiger partial charge in [0, 0.05) is 18.9 Å². The zero-order valence-electron chi connectivity index (χ0n) is 15.2. The molecule has 0 fully saturated rings. The van der Waals surface area contributed by atoms with Crippen molar-refractivity contribution in [3.63, 3.8) is 0 Å². The molecule has 0 bridgehead atoms. The summed E-state index contributed by atoms with van der Waals surface area (Å²) < 4.78 is 38.6. The third-order valence-electron chi connectivity index (χ3n) is 4.01. The van der Waals surface area contributed by atoms with Gasteiger partial charge in [-0.3, -0.25) is 4.79 Å². The Morgan fingerprint density at radius 2 is 1.89 bits per heavy atom. The molecule has 2 aromatic carbocycles. The largest absolute Gasteiger partial charge is 0.495 e. The second-order valence-corrected chi connectivity index (χ2v) is 7.85. The summed E-state index contributed by atoms with van der Waals surface area (Å²) in [6.07, 6.45) is 0.127. The summed E-state index contributed by atoms with van der Waals surface area (Å²) in [7, 11) is -0.845. The minimum atomic E-state index is -3.78. The molecule has 3 rings (SSSR count). The molecule has 28 heavy (non-hydrogen) atoms. The van der Waals surface area contributed by atoms with Crippen molar-refractivity contribution in [3.8, 4) is 11.5 Å². The molecule has 1 aliphatic rings. The van der Waals surface area contributed by atoms with E-state index in [0.29, 0.717) is 27.9 Å². The topological polar surface area (TPSA) is 106 Å². The number of carbonyl (C=O) groups is 1. The van der Waals surface area contributed by atoms with Crippen LogP contribution in [0.4, 0.5) is 11.4 Å². The molecule has 0 aliphatic carbocycles. The molecule has 0 saturated carbocycles. The van der Waals surface area contributed by atoms with Gasteiger partial charge in [-0.2, -0.15) is 8.42 Å². The number of para-hydroxylation sites is 1. The predicted molar refractivity (Wildman–Crippen MR) is 107 cm³/mol. The Kier molecular flexibility index (Phi) is 5.76. The average Bonchev–Trinajstić information content (AvgIpc) is 2.66. The van der Waals surface area contributed by atoms with E-state index in [2.05, 4.69) is 15.0 Å². The number of hydrogen-bond donors (Lipinski definition) is 2. The van der Waals surface area contributed by atoms with Gasteiger partial charge < -0.3 is 20.1 Å². The van der Waals surface area contributed by atoms with E-state index in [4.69, 9.17) is 21.1 Å². The first-order valence-electron chi connectivity index (χ1n) is 8.25. The molecule has 1 aliphatic heterocycles. The van der Waals surface area contributed by atoms with Crippen LogP contribution in [0.5, 0.6) is 11.5 Å². The molecule has 0 atom stereocenters. The number of amidine groups is 1. The van der Waals surface area contributed by atoms with Crippen LogP contribution >= 0.6 is 11.6 Å². The van der Waals surface area contributed by atoms with Crippen molar-refractivity contribution in [1.82, 2.24) is 0 Å². The Morgan fingerprint density at radius 1 is 1.18 bits per heavy atom. The van der Waals surface area contributed by atoms with Crippen molar-refractivity contribution in [2.24, 2.45) is 4.40 Å². The van der Waals surface area contributed by atoms with E-state index in [1.165, 1.54) is 26.4 Å². The maximum Gasteiger partial charge on any atom is 0.286 e. The van der Waals surface area contributed by atoms with Gasteiger partial charge in [0.15, 0.2) is 0 Å². The molecule has 0 unspecified atom stereocenters. The normalized spacial score (nSPS) is 14.3. The van der Waals surface area contributed by atoms with Crippen LogP contribution in [0.1, 0.15) is 12.8 Å². The number of nitrogens with one attached hydrogen (secondary N) is 2. The number of carbonyl (C=O) groups excluding carboxylic acids is 1. The summed E-state index contributed by atoms with van der Waals surface area (Å²) in [6, 6.07) is 9.55. The van der Waals surface area contributed by atoms with Crippen LogP contribution in [0, 0.1) is 0 Å². The highest BCUT2D eigenvalue weighted by Crippen LogP contribution is 2.36. The SMILES string of the molecule is COc1cc(OC)c(NC(=O)CCC2=NS(=O)(=O)c3ccccc3N2)cc1Cl. The summed E-state index contributed by atoms with van der Waals surface area (Å²) in [5, 5.41) is 5.96. The molecular formula is C18H18ClN3O5S. The van der Waals surface area contributed by atoms with Crippen molar-refractivity contribution in [2.75, 3.05) is 24.9 Å². The zero-order valence-corrected chi connectivity index (χ0v) is 16.7. The van der Waals surface area contributed by atoms with E-state index in [9.17, 15) is 13.2 Å². The number of ether oxygens (including phenoxy) is 2. The van der Waals surface area contributed by atoms with Gasteiger partial charge in [0.1, 0.15) is 22.2 Å². The molecule has 0 spiro atoms. The van der Waals surface area contributed by atoms with E-state index < -0.39 is 10.0 Å². The Balaban J connectivity index is 1.69. The second kappa shape index (κ2) is 8.07. The monoisotopic (exact) mass is 423 g/mol. The lowest BCUT2D eigenvalue weighted by Crippen LogP contribution is -2.23. The highest BCUT2D eigenvalue weighted by Gasteiger charge is 2.24. The highest BCUT2D eigenvalue weighted by molar-refractivity contribution is 7.90. The van der Waals surface area contributed by atoms with Crippen molar-refractivity contribution in [3.05, 3.63) is 41.4 Å². The Bertz CT molecular complexity index is 1050. The fourth-order valence-electron chi connectivity index (χ4n) is 2.68. The molecule has 1 heterocycles. The van der Waals surface area contributed by atoms with E-state index >= 15 is 0 Å². The molecule has 148 valence electrons. The van der Waals surface area contributed by atoms with E-state index in [1.807, 2.05) is 0 Å². The van der Waals surface area contributed by atoms with E-state index in [0.717, 1.165) is 0 Å². The second-order valence-electron chi connectivity index (χ2n) is 5.87. The van der Waals surface area contributed by atoms with Gasteiger partial charge in [0.25, 0.3) is 10.0 Å². The molecule has 0 saturated heterocycles. The van der Waals surface area contributed by atoms with Crippen molar-refractivity contribution in [1.29, 1.82) is 0 Å². The standard InChI is InChI=1S/C18H18ClN3O5S/c1-26-14-10-15(27-2)13(9-11(14)19)21-18(23)8-7-17-20-12-5-3-4-6-16(12)28(24,25)22-17/h3-6,9-10H,7-8H2,1-2H3,(H,20,22)(H,21,23). The number of methoxy groups -OCH3 is 2. The minimum Gasteiger partial charge on any atom is -0.495 e. The van der Waals surface area contributed by atoms with Gasteiger partial charge in [-0.05, 0) is 18.2 Å². The first-order valence-corrected chi connectivity index (χ1v) is 10.1. The molecule has 2 aromatic rings. The lowest BCUT2D eigenvalue weighted by Gasteiger charge is -2.18. The molecule has 0 aromatic heterocycles. The van der Waals surface area contributed by atoms with Crippen molar-refractivity contribution in [2.45, 2.75) is 17.7 Å². The minimum absolute atomic E-state index is 0.0102. The molecule has 10 heteroatoms. The smallest absolute Gasteiger partial charge is 0.286 e. The summed E-state index contributed by atoms with van der Waals surface area (Å²) in [4.78, 5) is 12.4. The summed E-state index contributed by atoms with van der Waals surface area (Å²) in [6.45, 7) is 0. The lowest BCUT2D eigenvalue weighted by atomic mass is 10.2. The number of amides is 1. The van der Waals surface area contributed by atoms with Gasteiger partial charge in [-0.1, -0.05) is 23.7 Å². The number of benzene rings is 2. The van der Waals surface area contributed by atoms with Crippen LogP contribution in [0.2, 0.25) is 5.02 Å². The van der Waals surface area contributed by atoms with Gasteiger partial charge in [-0.15, -0.1) is 4.40 Å². The number of anilines is 2. The molecule has 1 amide bonds. The molecule has 0 radical (unpaired) electrons. The first-order chi connectivity index (χ1) is 13.3. The van der Waals surface area contributed by atoms with Gasteiger partial charge in [0.05, 0.1) is 30.6 Å². The zero-order chi connectivity index (χ0) is 20.3. The summed E-state index contributed by atoms with van der Waals surface area (Å²) in [5.41, 5.74) is 0.825. The highest BCUT2D eigenvalue weighted by atomic mass is 35.5. The average molecular weight is 424 g/mol. The van der Waals surface area contributed by atoms with Crippen LogP contribution in [0.15, 0.2) is 45.7 Å². The van der Waals surface area contributed by atoms with Crippen molar-refractivity contribution < 1.29 is 22.7 Å². The van der Waals surface area contributed by atoms with E-state index in [1.54, 1.807) is 24.3 Å². The van der Waals surface area contributed by atoms with Crippen LogP contribution in [-0.4, -0.2) is 34.4 Å². The first kappa shape index (κ1) is 20.0. The fraction of sp³-hybridized carbons (Fsp3) is 0.222. The summed E-state index contributed by atoms with van der Waals surface area (Å²) >= 11 is 6.09. The third kappa shape index (κ3) is 4.20. The van der Waals surface area contributed by atoms with E-state index in [-0.39, 0.29) is 29.5 Å². The number of fused-ring (bicyclic) bond motifs is 1. The van der Waals surface area contributed by atoms with Gasteiger partial charge >= 0.3 is 0 Å². The number of sulfonamides is 1. The molecular weight excluding hydrogens is 406 g/mol. The number of halogens is 1. The Hall–Kier alpha value is -2.78. The fourth-order valence-corrected chi connectivity index (χ4v) is 4.09. The maximum absolute atomic E-state index is 12.3. The van der Waals surface area contributed by atoms with Gasteiger partial charge in [0.2, 0.25) is 5.91 Å². The van der Waals surface area contributed by atoms with Gasteiger partial charge in [-0.25, -0.2) is 0 Å². The van der Waals surface area contributed by atoms with Crippen LogP contribution in [-0.2, 0) is 14.8 Å². The third-order valence-corrected chi connectivity index (χ3v) is 5.68. The van der Waals surface area contributed by atoms with Crippen LogP contribution < -0.4 is 20.1 Å².